The van der Waals surface area contributed by atoms with Crippen LogP contribution >= 0.6 is 11.6 Å². The molecule has 0 saturated carbocycles. The summed E-state index contributed by atoms with van der Waals surface area (Å²) in [6.07, 6.45) is -3.07. The molecule has 1 fully saturated rings. The molecule has 1 saturated heterocycles. The van der Waals surface area contributed by atoms with E-state index in [2.05, 4.69) is 15.6 Å². The van der Waals surface area contributed by atoms with Gasteiger partial charge in [0, 0.05) is 59.8 Å². The average Bonchev–Trinajstić information content (AvgIpc) is 2.94. The van der Waals surface area contributed by atoms with Gasteiger partial charge >= 0.3 is 12.2 Å². The summed E-state index contributed by atoms with van der Waals surface area (Å²) >= 11 is 5.87. The van der Waals surface area contributed by atoms with E-state index < -0.39 is 21.8 Å². The van der Waals surface area contributed by atoms with Gasteiger partial charge < -0.3 is 15.5 Å². The van der Waals surface area contributed by atoms with E-state index in [9.17, 15) is 26.4 Å². The first-order valence-electron chi connectivity index (χ1n) is 12.2. The molecule has 2 heterocycles. The number of aromatic nitrogens is 1. The third-order valence-electron chi connectivity index (χ3n) is 6.46. The normalized spacial score (nSPS) is 14.8. The van der Waals surface area contributed by atoms with Crippen molar-refractivity contribution < 1.29 is 26.4 Å². The topological polar surface area (TPSA) is 94.6 Å². The zero-order valence-corrected chi connectivity index (χ0v) is 22.4. The van der Waals surface area contributed by atoms with Gasteiger partial charge in [-0.25, -0.2) is 13.2 Å². The monoisotopic (exact) mass is 589 g/mol. The van der Waals surface area contributed by atoms with Crippen LogP contribution in [0.2, 0.25) is 5.02 Å². The number of urea groups is 1. The van der Waals surface area contributed by atoms with Gasteiger partial charge in [-0.05, 0) is 66.7 Å². The number of carbonyl (C=O) groups excluding carboxylic acids is 1. The first-order valence-corrected chi connectivity index (χ1v) is 14.0. The summed E-state index contributed by atoms with van der Waals surface area (Å²) in [6.45, 7) is 0.728. The van der Waals surface area contributed by atoms with Gasteiger partial charge in [-0.2, -0.15) is 17.5 Å². The molecule has 40 heavy (non-hydrogen) atoms. The second-order valence-corrected chi connectivity index (χ2v) is 11.4. The van der Waals surface area contributed by atoms with E-state index in [1.807, 2.05) is 0 Å². The highest BCUT2D eigenvalue weighted by Crippen LogP contribution is 2.33. The minimum absolute atomic E-state index is 0.0894. The number of nitrogens with zero attached hydrogens (tertiary/aromatic N) is 3. The van der Waals surface area contributed by atoms with E-state index in [0.29, 0.717) is 27.5 Å². The number of benzene rings is 3. The minimum Gasteiger partial charge on any atom is -0.355 e. The molecule has 5 rings (SSSR count). The Morgan fingerprint density at radius 2 is 1.52 bits per heavy atom. The third-order valence-corrected chi connectivity index (χ3v) is 8.63. The van der Waals surface area contributed by atoms with Gasteiger partial charge in [0.05, 0.1) is 16.0 Å². The lowest BCUT2D eigenvalue weighted by Gasteiger charge is -2.34. The van der Waals surface area contributed by atoms with E-state index in [-0.39, 0.29) is 42.6 Å². The third kappa shape index (κ3) is 5.98. The molecule has 1 aliphatic heterocycles. The molecule has 2 N–H and O–H groups in total. The number of halogens is 4. The van der Waals surface area contributed by atoms with Crippen LogP contribution in [0.25, 0.3) is 10.9 Å². The molecule has 1 aliphatic rings. The number of hydrogen-bond donors (Lipinski definition) is 2. The number of anilines is 3. The molecular formula is C27H23ClF3N5O3S. The van der Waals surface area contributed by atoms with Crippen molar-refractivity contribution in [2.45, 2.75) is 11.1 Å². The number of amides is 2. The molecule has 208 valence electrons. The first-order chi connectivity index (χ1) is 19.0. The Morgan fingerprint density at radius 3 is 2.17 bits per heavy atom. The van der Waals surface area contributed by atoms with E-state index in [1.165, 1.54) is 28.7 Å². The zero-order valence-electron chi connectivity index (χ0n) is 20.8. The lowest BCUT2D eigenvalue weighted by atomic mass is 10.1. The minimum atomic E-state index is -4.48. The highest BCUT2D eigenvalue weighted by atomic mass is 35.5. The van der Waals surface area contributed by atoms with Gasteiger partial charge in [-0.3, -0.25) is 4.98 Å². The summed E-state index contributed by atoms with van der Waals surface area (Å²) in [4.78, 5) is 18.2. The van der Waals surface area contributed by atoms with Crippen molar-refractivity contribution >= 4 is 55.6 Å². The Hall–Kier alpha value is -3.87. The van der Waals surface area contributed by atoms with E-state index in [1.54, 1.807) is 47.4 Å². The predicted molar refractivity (Wildman–Crippen MR) is 147 cm³/mol. The van der Waals surface area contributed by atoms with Crippen molar-refractivity contribution in [3.8, 4) is 0 Å². The van der Waals surface area contributed by atoms with E-state index in [4.69, 9.17) is 11.6 Å². The molecule has 0 bridgehead atoms. The van der Waals surface area contributed by atoms with Crippen molar-refractivity contribution in [1.82, 2.24) is 14.2 Å². The zero-order chi connectivity index (χ0) is 28.5. The van der Waals surface area contributed by atoms with Gasteiger partial charge in [-0.1, -0.05) is 17.7 Å². The second-order valence-electron chi connectivity index (χ2n) is 9.07. The Labute approximate surface area is 233 Å². The number of piperazine rings is 1. The fourth-order valence-electron chi connectivity index (χ4n) is 4.32. The molecule has 1 aromatic heterocycles. The molecule has 8 nitrogen and oxygen atoms in total. The molecule has 0 aliphatic carbocycles. The number of alkyl halides is 3. The smallest absolute Gasteiger partial charge is 0.355 e. The summed E-state index contributed by atoms with van der Waals surface area (Å²) in [5.41, 5.74) is 1.06. The van der Waals surface area contributed by atoms with Gasteiger partial charge in [0.1, 0.15) is 0 Å². The number of nitrogens with one attached hydrogen (secondary N) is 2. The number of hydrogen-bond acceptors (Lipinski definition) is 5. The van der Waals surface area contributed by atoms with Crippen LogP contribution in [-0.2, 0) is 16.2 Å². The van der Waals surface area contributed by atoms with Crippen LogP contribution in [0.5, 0.6) is 0 Å². The fraction of sp³-hybridized carbons (Fsp3) is 0.185. The number of carbonyl (C=O) groups is 1. The SMILES string of the molecule is O=C(Nc1ccc(Cl)cc1)N1CCN(S(=O)(=O)c2ccc(Nc3ccnc4cc(C(F)(F)F)ccc34)cc2)CC1. The number of fused-ring (bicyclic) bond motifs is 1. The second kappa shape index (κ2) is 11.0. The fourth-order valence-corrected chi connectivity index (χ4v) is 5.86. The van der Waals surface area contributed by atoms with Crippen molar-refractivity contribution in [3.63, 3.8) is 0 Å². The Balaban J connectivity index is 1.23. The van der Waals surface area contributed by atoms with Crippen molar-refractivity contribution in [3.05, 3.63) is 89.6 Å². The van der Waals surface area contributed by atoms with Crippen LogP contribution in [0, 0.1) is 0 Å². The number of rotatable bonds is 5. The maximum absolute atomic E-state index is 13.2. The molecule has 13 heteroatoms. The predicted octanol–water partition coefficient (Wildman–Crippen LogP) is 6.19. The van der Waals surface area contributed by atoms with Gasteiger partial charge in [0.15, 0.2) is 0 Å². The molecular weight excluding hydrogens is 567 g/mol. The largest absolute Gasteiger partial charge is 0.416 e. The lowest BCUT2D eigenvalue weighted by molar-refractivity contribution is -0.137. The summed E-state index contributed by atoms with van der Waals surface area (Å²) in [5.74, 6) is 0. The standard InChI is InChI=1S/C27H23ClF3N5O3S/c28-19-2-4-21(5-3-19)34-26(37)35-13-15-36(16-14-35)40(38,39)22-8-6-20(7-9-22)33-24-11-12-32-25-17-18(27(29,30)31)1-10-23(24)25/h1-12,17H,13-16H2,(H,32,33)(H,34,37). The molecule has 0 atom stereocenters. The van der Waals surface area contributed by atoms with Crippen molar-refractivity contribution in [1.29, 1.82) is 0 Å². The van der Waals surface area contributed by atoms with Crippen LogP contribution in [0.15, 0.2) is 83.9 Å². The van der Waals surface area contributed by atoms with Crippen molar-refractivity contribution in [2.75, 3.05) is 36.8 Å². The summed E-state index contributed by atoms with van der Waals surface area (Å²) in [6, 6.07) is 17.4. The van der Waals surface area contributed by atoms with Crippen LogP contribution in [0.1, 0.15) is 5.56 Å². The molecule has 0 spiro atoms. The number of sulfonamides is 1. The van der Waals surface area contributed by atoms with Gasteiger partial charge in [0.2, 0.25) is 10.0 Å². The Kier molecular flexibility index (Phi) is 7.58. The maximum Gasteiger partial charge on any atom is 0.416 e. The summed E-state index contributed by atoms with van der Waals surface area (Å²) < 4.78 is 66.9. The van der Waals surface area contributed by atoms with E-state index in [0.717, 1.165) is 12.1 Å². The quantitative estimate of drug-likeness (QED) is 0.289. The molecule has 2 amide bonds. The van der Waals surface area contributed by atoms with Crippen molar-refractivity contribution in [2.24, 2.45) is 0 Å². The summed E-state index contributed by atoms with van der Waals surface area (Å²) in [7, 11) is -3.80. The molecule has 0 radical (unpaired) electrons. The molecule has 0 unspecified atom stereocenters. The Morgan fingerprint density at radius 1 is 0.875 bits per heavy atom. The van der Waals surface area contributed by atoms with Gasteiger partial charge in [-0.15, -0.1) is 0 Å². The van der Waals surface area contributed by atoms with Crippen LogP contribution < -0.4 is 10.6 Å². The number of pyridine rings is 1. The van der Waals surface area contributed by atoms with Crippen LogP contribution in [0.4, 0.5) is 35.0 Å². The Bertz CT molecular complexity index is 1640. The first kappa shape index (κ1) is 27.7. The van der Waals surface area contributed by atoms with E-state index >= 15 is 0 Å². The van der Waals surface area contributed by atoms with Crippen LogP contribution in [0.3, 0.4) is 0 Å². The molecule has 3 aromatic carbocycles. The average molecular weight is 590 g/mol. The molecule has 4 aromatic rings. The van der Waals surface area contributed by atoms with Gasteiger partial charge in [0.25, 0.3) is 0 Å². The maximum atomic E-state index is 13.2. The highest BCUT2D eigenvalue weighted by molar-refractivity contribution is 7.89. The lowest BCUT2D eigenvalue weighted by Crippen LogP contribution is -2.51. The van der Waals surface area contributed by atoms with Crippen LogP contribution in [-0.4, -0.2) is 54.8 Å². The summed E-state index contributed by atoms with van der Waals surface area (Å²) in [5, 5.41) is 6.93. The highest BCUT2D eigenvalue weighted by Gasteiger charge is 2.31.